The van der Waals surface area contributed by atoms with E-state index in [1.165, 1.54) is 0 Å². The number of aliphatic carboxylic acids is 1. The minimum Gasteiger partial charge on any atom is -0.477 e. The fourth-order valence-corrected chi connectivity index (χ4v) is 1.75. The van der Waals surface area contributed by atoms with Crippen LogP contribution in [0.3, 0.4) is 0 Å². The molecule has 0 aromatic heterocycles. The third-order valence-corrected chi connectivity index (χ3v) is 2.89. The number of carboxylic acids is 1. The van der Waals surface area contributed by atoms with Gasteiger partial charge in [0.15, 0.2) is 0 Å². The molecule has 0 saturated carbocycles. The van der Waals surface area contributed by atoms with Gasteiger partial charge >= 0.3 is 5.97 Å². The van der Waals surface area contributed by atoms with Crippen molar-refractivity contribution >= 4 is 5.97 Å². The Morgan fingerprint density at radius 1 is 1.50 bits per heavy atom. The number of hydrogen-bond donors (Lipinski definition) is 7. The highest BCUT2D eigenvalue weighted by atomic mass is 16.7. The Balaban J connectivity index is 2.92. The third-order valence-electron chi connectivity index (χ3n) is 2.89. The molecule has 0 radical (unpaired) electrons. The molecule has 1 aliphatic rings. The fraction of sp³-hybridized carbons (Fsp3) is 0.889. The topological polar surface area (TPSA) is 174 Å². The molecule has 0 aromatic carbocycles. The highest BCUT2D eigenvalue weighted by Gasteiger charge is 2.52. The Bertz CT molecular complexity index is 313. The molecule has 9 nitrogen and oxygen atoms in total. The first-order chi connectivity index (χ1) is 8.23. The van der Waals surface area contributed by atoms with Crippen molar-refractivity contribution in [1.82, 2.24) is 0 Å². The van der Waals surface area contributed by atoms with Crippen LogP contribution in [-0.4, -0.2) is 79.5 Å². The molecule has 1 saturated heterocycles. The molecule has 1 heterocycles. The summed E-state index contributed by atoms with van der Waals surface area (Å²) in [5, 5.41) is 55.5. The number of aliphatic hydroxyl groups excluding tert-OH is 4. The summed E-state index contributed by atoms with van der Waals surface area (Å²) in [6, 6.07) is -1.21. The summed E-state index contributed by atoms with van der Waals surface area (Å²) >= 11 is 0. The zero-order valence-electron chi connectivity index (χ0n) is 9.38. The second-order valence-corrected chi connectivity index (χ2v) is 4.26. The van der Waals surface area contributed by atoms with Crippen LogP contribution in [0, 0.1) is 0 Å². The number of carbonyl (C=O) groups is 1. The van der Waals surface area contributed by atoms with Gasteiger partial charge in [-0.2, -0.15) is 0 Å². The maximum atomic E-state index is 10.8. The molecule has 0 bridgehead atoms. The molecule has 1 aliphatic heterocycles. The lowest BCUT2D eigenvalue weighted by molar-refractivity contribution is -0.292. The molecule has 1 unspecified atom stereocenters. The molecule has 8 N–H and O–H groups in total. The number of aliphatic hydroxyl groups is 5. The summed E-state index contributed by atoms with van der Waals surface area (Å²) in [5.74, 6) is -4.44. The van der Waals surface area contributed by atoms with Gasteiger partial charge in [-0.3, -0.25) is 0 Å². The van der Waals surface area contributed by atoms with Crippen molar-refractivity contribution in [1.29, 1.82) is 0 Å². The lowest BCUT2D eigenvalue weighted by Crippen LogP contribution is -2.65. The van der Waals surface area contributed by atoms with Gasteiger partial charge in [0.1, 0.15) is 18.3 Å². The Hall–Kier alpha value is -0.810. The van der Waals surface area contributed by atoms with Crippen LogP contribution in [0.25, 0.3) is 0 Å². The summed E-state index contributed by atoms with van der Waals surface area (Å²) in [4.78, 5) is 10.8. The first-order valence-electron chi connectivity index (χ1n) is 5.27. The zero-order chi connectivity index (χ0) is 14.1. The molecule has 106 valence electrons. The molecule has 9 heteroatoms. The normalized spacial score (nSPS) is 40.2. The van der Waals surface area contributed by atoms with E-state index in [4.69, 9.17) is 20.7 Å². The van der Waals surface area contributed by atoms with Gasteiger partial charge in [0.2, 0.25) is 0 Å². The minimum atomic E-state index is -2.70. The van der Waals surface area contributed by atoms with Gasteiger partial charge in [-0.15, -0.1) is 0 Å². The summed E-state index contributed by atoms with van der Waals surface area (Å²) in [6.07, 6.45) is -7.01. The van der Waals surface area contributed by atoms with Crippen LogP contribution in [0.15, 0.2) is 0 Å². The number of carboxylic acid groups (broad SMARTS) is 1. The van der Waals surface area contributed by atoms with Crippen molar-refractivity contribution in [3.8, 4) is 0 Å². The standard InChI is InChI=1S/C9H17NO8/c10-5-3(12)1-9(17,8(15)16)18-7(5)6(14)4(13)2-11/h3-7,11-14,17H,1-2,10H2,(H,15,16)/t3?,4-,5-,6-,7-,9+/m1/s1. The number of ether oxygens (including phenoxy) is 1. The van der Waals surface area contributed by atoms with Crippen LogP contribution in [0.5, 0.6) is 0 Å². The highest BCUT2D eigenvalue weighted by molar-refractivity contribution is 5.75. The molecule has 0 aromatic rings. The van der Waals surface area contributed by atoms with Crippen LogP contribution < -0.4 is 5.73 Å². The summed E-state index contributed by atoms with van der Waals surface area (Å²) in [7, 11) is 0. The van der Waals surface area contributed by atoms with Gasteiger partial charge in [0.05, 0.1) is 18.8 Å². The van der Waals surface area contributed by atoms with E-state index < -0.39 is 55.2 Å². The predicted molar refractivity (Wildman–Crippen MR) is 55.2 cm³/mol. The molecule has 1 fully saturated rings. The largest absolute Gasteiger partial charge is 0.477 e. The highest BCUT2D eigenvalue weighted by Crippen LogP contribution is 2.29. The summed E-state index contributed by atoms with van der Waals surface area (Å²) in [5.41, 5.74) is 5.51. The molecule has 0 amide bonds. The van der Waals surface area contributed by atoms with Gasteiger partial charge in [0, 0.05) is 6.42 Å². The Kier molecular flexibility index (Phi) is 4.61. The van der Waals surface area contributed by atoms with E-state index >= 15 is 0 Å². The molecule has 1 rings (SSSR count). The van der Waals surface area contributed by atoms with Crippen LogP contribution >= 0.6 is 0 Å². The monoisotopic (exact) mass is 267 g/mol. The molecule has 0 spiro atoms. The number of nitrogens with two attached hydrogens (primary N) is 1. The second kappa shape index (κ2) is 5.45. The molecule has 0 aliphatic carbocycles. The molecular weight excluding hydrogens is 250 g/mol. The summed E-state index contributed by atoms with van der Waals surface area (Å²) in [6.45, 7) is -0.810. The fourth-order valence-electron chi connectivity index (χ4n) is 1.75. The van der Waals surface area contributed by atoms with E-state index in [1.807, 2.05) is 0 Å². The van der Waals surface area contributed by atoms with Crippen molar-refractivity contribution in [3.63, 3.8) is 0 Å². The van der Waals surface area contributed by atoms with E-state index in [0.717, 1.165) is 0 Å². The van der Waals surface area contributed by atoms with Gasteiger partial charge in [-0.1, -0.05) is 0 Å². The van der Waals surface area contributed by atoms with E-state index in [0.29, 0.717) is 0 Å². The molecular formula is C9H17NO8. The Morgan fingerprint density at radius 2 is 2.06 bits per heavy atom. The SMILES string of the molecule is N[C@@H]1C(O)C[C@@](O)(C(=O)O)O[C@H]1[C@H](O)[C@H](O)CO. The van der Waals surface area contributed by atoms with E-state index in [1.54, 1.807) is 0 Å². The van der Waals surface area contributed by atoms with Crippen LogP contribution in [0.4, 0.5) is 0 Å². The third kappa shape index (κ3) is 2.78. The smallest absolute Gasteiger partial charge is 0.364 e. The van der Waals surface area contributed by atoms with Gasteiger partial charge in [-0.05, 0) is 0 Å². The van der Waals surface area contributed by atoms with Crippen molar-refractivity contribution in [2.24, 2.45) is 5.73 Å². The van der Waals surface area contributed by atoms with Crippen LogP contribution in [-0.2, 0) is 9.53 Å². The van der Waals surface area contributed by atoms with Crippen LogP contribution in [0.1, 0.15) is 6.42 Å². The van der Waals surface area contributed by atoms with E-state index in [2.05, 4.69) is 0 Å². The predicted octanol–water partition coefficient (Wildman–Crippen LogP) is -4.05. The van der Waals surface area contributed by atoms with Crippen molar-refractivity contribution in [3.05, 3.63) is 0 Å². The van der Waals surface area contributed by atoms with E-state index in [9.17, 15) is 25.2 Å². The van der Waals surface area contributed by atoms with Crippen molar-refractivity contribution in [2.45, 2.75) is 42.7 Å². The first-order valence-corrected chi connectivity index (χ1v) is 5.27. The lowest BCUT2D eigenvalue weighted by Gasteiger charge is -2.43. The second-order valence-electron chi connectivity index (χ2n) is 4.26. The van der Waals surface area contributed by atoms with E-state index in [-0.39, 0.29) is 0 Å². The van der Waals surface area contributed by atoms with Crippen molar-refractivity contribution in [2.75, 3.05) is 6.61 Å². The molecule has 6 atom stereocenters. The maximum Gasteiger partial charge on any atom is 0.364 e. The quantitative estimate of drug-likeness (QED) is 0.267. The molecule has 18 heavy (non-hydrogen) atoms. The Morgan fingerprint density at radius 3 is 2.50 bits per heavy atom. The van der Waals surface area contributed by atoms with Crippen molar-refractivity contribution < 1.29 is 40.2 Å². The average Bonchev–Trinajstić information content (AvgIpc) is 2.31. The summed E-state index contributed by atoms with van der Waals surface area (Å²) < 4.78 is 4.75. The number of rotatable bonds is 4. The number of hydrogen-bond acceptors (Lipinski definition) is 8. The van der Waals surface area contributed by atoms with Crippen LogP contribution in [0.2, 0.25) is 0 Å². The maximum absolute atomic E-state index is 10.8. The van der Waals surface area contributed by atoms with Gasteiger partial charge < -0.3 is 41.1 Å². The Labute approximate surface area is 102 Å². The lowest BCUT2D eigenvalue weighted by atomic mass is 9.89. The van der Waals surface area contributed by atoms with Gasteiger partial charge in [0.25, 0.3) is 5.79 Å². The first kappa shape index (κ1) is 15.2. The van der Waals surface area contributed by atoms with Gasteiger partial charge in [-0.25, -0.2) is 4.79 Å². The minimum absolute atomic E-state index is 0.665. The average molecular weight is 267 g/mol. The zero-order valence-corrected chi connectivity index (χ0v) is 9.38.